The van der Waals surface area contributed by atoms with E-state index < -0.39 is 5.97 Å². The van der Waals surface area contributed by atoms with Crippen molar-refractivity contribution < 1.29 is 19.1 Å². The average Bonchev–Trinajstić information content (AvgIpc) is 3.07. The molecule has 128 valence electrons. The van der Waals surface area contributed by atoms with E-state index >= 15 is 0 Å². The van der Waals surface area contributed by atoms with Crippen LogP contribution in [-0.2, 0) is 14.3 Å². The summed E-state index contributed by atoms with van der Waals surface area (Å²) in [6.45, 7) is 5.21. The smallest absolute Gasteiger partial charge is 0.335 e. The number of esters is 1. The van der Waals surface area contributed by atoms with E-state index in [0.717, 1.165) is 30.9 Å². The van der Waals surface area contributed by atoms with Crippen molar-refractivity contribution >= 4 is 17.3 Å². The molecule has 0 radical (unpaired) electrons. The second kappa shape index (κ2) is 6.98. The van der Waals surface area contributed by atoms with Gasteiger partial charge in [-0.3, -0.25) is 4.79 Å². The van der Waals surface area contributed by atoms with Crippen LogP contribution in [0.3, 0.4) is 0 Å². The molecule has 0 aromatic heterocycles. The number of ether oxygens (including phenoxy) is 2. The zero-order chi connectivity index (χ0) is 18.0. The van der Waals surface area contributed by atoms with Crippen molar-refractivity contribution in [3.63, 3.8) is 0 Å². The predicted octanol–water partition coefficient (Wildman–Crippen LogP) is 3.51. The molecule has 1 saturated carbocycles. The van der Waals surface area contributed by atoms with Crippen molar-refractivity contribution in [2.24, 2.45) is 11.8 Å². The number of rotatable bonds is 4. The van der Waals surface area contributed by atoms with Gasteiger partial charge in [-0.05, 0) is 44.4 Å². The molecule has 4 heteroatoms. The molecule has 1 aromatic carbocycles. The fourth-order valence-electron chi connectivity index (χ4n) is 3.66. The second-order valence-corrected chi connectivity index (χ2v) is 6.23. The zero-order valence-corrected chi connectivity index (χ0v) is 14.4. The lowest BCUT2D eigenvalue weighted by atomic mass is 9.83. The first-order chi connectivity index (χ1) is 12.1. The van der Waals surface area contributed by atoms with Crippen molar-refractivity contribution in [2.45, 2.75) is 26.2 Å². The number of hydrogen-bond acceptors (Lipinski definition) is 4. The Labute approximate surface area is 147 Å². The van der Waals surface area contributed by atoms with Gasteiger partial charge in [0.05, 0.1) is 12.7 Å². The third-order valence-corrected chi connectivity index (χ3v) is 4.78. The van der Waals surface area contributed by atoms with Crippen LogP contribution in [0.25, 0.3) is 5.57 Å². The van der Waals surface area contributed by atoms with E-state index in [4.69, 9.17) is 9.47 Å². The van der Waals surface area contributed by atoms with Gasteiger partial charge < -0.3 is 9.47 Å². The van der Waals surface area contributed by atoms with E-state index in [1.807, 2.05) is 12.1 Å². The minimum Gasteiger partial charge on any atom is -0.496 e. The molecule has 0 amide bonds. The monoisotopic (exact) mass is 336 g/mol. The van der Waals surface area contributed by atoms with Gasteiger partial charge in [0.2, 0.25) is 0 Å². The van der Waals surface area contributed by atoms with Crippen LogP contribution in [0.4, 0.5) is 0 Å². The van der Waals surface area contributed by atoms with E-state index in [-0.39, 0.29) is 17.6 Å². The molecule has 1 aromatic rings. The summed E-state index contributed by atoms with van der Waals surface area (Å²) in [6.07, 6.45) is 3.53. The summed E-state index contributed by atoms with van der Waals surface area (Å²) in [7, 11) is 1.56. The fourth-order valence-corrected chi connectivity index (χ4v) is 3.66. The topological polar surface area (TPSA) is 52.6 Å². The summed E-state index contributed by atoms with van der Waals surface area (Å²) in [5.41, 5.74) is 1.92. The fraction of sp³-hybridized carbons (Fsp3) is 0.333. The van der Waals surface area contributed by atoms with Crippen molar-refractivity contribution in [3.8, 4) is 17.6 Å². The maximum Gasteiger partial charge on any atom is 0.335 e. The quantitative estimate of drug-likeness (QED) is 0.480. The summed E-state index contributed by atoms with van der Waals surface area (Å²) < 4.78 is 11.0. The molecule has 0 aliphatic heterocycles. The maximum absolute atomic E-state index is 13.0. The lowest BCUT2D eigenvalue weighted by Crippen LogP contribution is -2.24. The summed E-state index contributed by atoms with van der Waals surface area (Å²) >= 11 is 0. The van der Waals surface area contributed by atoms with Crippen LogP contribution in [0.1, 0.15) is 37.3 Å². The number of allylic oxidation sites excluding steroid dienone is 2. The molecule has 4 nitrogen and oxygen atoms in total. The van der Waals surface area contributed by atoms with Crippen LogP contribution in [0.2, 0.25) is 0 Å². The SMILES string of the molecule is C=CC(=O)OC1=C(c2ccc(C#CC)cc2OC)C(=O)C2CCC1C2. The molecule has 2 atom stereocenters. The van der Waals surface area contributed by atoms with Gasteiger partial charge >= 0.3 is 5.97 Å². The van der Waals surface area contributed by atoms with E-state index in [1.54, 1.807) is 20.1 Å². The van der Waals surface area contributed by atoms with Crippen LogP contribution in [0.5, 0.6) is 5.75 Å². The summed E-state index contributed by atoms with van der Waals surface area (Å²) in [4.78, 5) is 24.8. The summed E-state index contributed by atoms with van der Waals surface area (Å²) in [6, 6.07) is 5.46. The molecular formula is C21H20O4. The molecule has 2 unspecified atom stereocenters. The average molecular weight is 336 g/mol. The Morgan fingerprint density at radius 1 is 1.32 bits per heavy atom. The van der Waals surface area contributed by atoms with Crippen LogP contribution < -0.4 is 4.74 Å². The predicted molar refractivity (Wildman–Crippen MR) is 94.6 cm³/mol. The van der Waals surface area contributed by atoms with Gasteiger partial charge in [0.1, 0.15) is 11.5 Å². The number of fused-ring (bicyclic) bond motifs is 2. The second-order valence-electron chi connectivity index (χ2n) is 6.23. The molecule has 0 spiro atoms. The number of benzene rings is 1. The van der Waals surface area contributed by atoms with E-state index in [9.17, 15) is 9.59 Å². The maximum atomic E-state index is 13.0. The molecule has 25 heavy (non-hydrogen) atoms. The zero-order valence-electron chi connectivity index (χ0n) is 14.4. The van der Waals surface area contributed by atoms with Gasteiger partial charge in [0.15, 0.2) is 5.78 Å². The first-order valence-electron chi connectivity index (χ1n) is 8.32. The largest absolute Gasteiger partial charge is 0.496 e. The molecule has 0 heterocycles. The Morgan fingerprint density at radius 2 is 2.08 bits per heavy atom. The number of Topliss-reactive ketones (excluding diaryl/α,β-unsaturated/α-hetero) is 1. The first-order valence-corrected chi connectivity index (χ1v) is 8.32. The Morgan fingerprint density at radius 3 is 2.76 bits per heavy atom. The van der Waals surface area contributed by atoms with Crippen LogP contribution in [0.15, 0.2) is 36.6 Å². The minimum absolute atomic E-state index is 0.00833. The van der Waals surface area contributed by atoms with Crippen molar-refractivity contribution in [1.82, 2.24) is 0 Å². The Hall–Kier alpha value is -2.80. The van der Waals surface area contributed by atoms with Gasteiger partial charge in [-0.1, -0.05) is 12.5 Å². The molecule has 0 saturated heterocycles. The van der Waals surface area contributed by atoms with Gasteiger partial charge in [-0.15, -0.1) is 5.92 Å². The Balaban J connectivity index is 2.17. The number of carbonyl (C=O) groups is 2. The highest BCUT2D eigenvalue weighted by Crippen LogP contribution is 2.48. The number of hydrogen-bond donors (Lipinski definition) is 0. The molecule has 2 bridgehead atoms. The van der Waals surface area contributed by atoms with Crippen molar-refractivity contribution in [1.29, 1.82) is 0 Å². The van der Waals surface area contributed by atoms with Gasteiger partial charge in [-0.2, -0.15) is 0 Å². The third-order valence-electron chi connectivity index (χ3n) is 4.78. The van der Waals surface area contributed by atoms with E-state index in [0.29, 0.717) is 22.6 Å². The highest BCUT2D eigenvalue weighted by molar-refractivity contribution is 6.24. The van der Waals surface area contributed by atoms with Gasteiger partial charge in [-0.25, -0.2) is 4.79 Å². The standard InChI is InChI=1S/C21H20O4/c1-4-6-13-7-10-16(17(11-13)24-3)19-20(23)14-8-9-15(12-14)21(19)25-18(22)5-2/h5,7,10-11,14-15H,2,8-9,12H2,1,3H3. The number of methoxy groups -OCH3 is 1. The lowest BCUT2D eigenvalue weighted by molar-refractivity contribution is -0.134. The molecule has 1 fully saturated rings. The van der Waals surface area contributed by atoms with E-state index in [2.05, 4.69) is 18.4 Å². The first kappa shape index (κ1) is 17.0. The number of carbonyl (C=O) groups excluding carboxylic acids is 2. The van der Waals surface area contributed by atoms with E-state index in [1.165, 1.54) is 0 Å². The highest BCUT2D eigenvalue weighted by atomic mass is 16.5. The highest BCUT2D eigenvalue weighted by Gasteiger charge is 2.43. The van der Waals surface area contributed by atoms with Gasteiger partial charge in [0, 0.05) is 29.0 Å². The molecule has 2 aliphatic carbocycles. The molecular weight excluding hydrogens is 316 g/mol. The van der Waals surface area contributed by atoms with Gasteiger partial charge in [0.25, 0.3) is 0 Å². The van der Waals surface area contributed by atoms with Crippen molar-refractivity contribution in [3.05, 3.63) is 47.7 Å². The van der Waals surface area contributed by atoms with Crippen LogP contribution in [0, 0.1) is 23.7 Å². The molecule has 3 rings (SSSR count). The van der Waals surface area contributed by atoms with Crippen molar-refractivity contribution in [2.75, 3.05) is 7.11 Å². The summed E-state index contributed by atoms with van der Waals surface area (Å²) in [5, 5.41) is 0. The van der Waals surface area contributed by atoms with Crippen LogP contribution >= 0.6 is 0 Å². The summed E-state index contributed by atoms with van der Waals surface area (Å²) in [5.74, 6) is 6.38. The Kier molecular flexibility index (Phi) is 4.76. The van der Waals surface area contributed by atoms with Crippen LogP contribution in [-0.4, -0.2) is 18.9 Å². The normalized spacial score (nSPS) is 21.4. The minimum atomic E-state index is -0.543. The molecule has 0 N–H and O–H groups in total. The number of ketones is 1. The molecule has 2 aliphatic rings. The third kappa shape index (κ3) is 3.10. The Bertz CT molecular complexity index is 835. The lowest BCUT2D eigenvalue weighted by Gasteiger charge is -2.25.